The van der Waals surface area contributed by atoms with E-state index in [4.69, 9.17) is 4.74 Å². The van der Waals surface area contributed by atoms with Gasteiger partial charge in [0.2, 0.25) is 0 Å². The molecule has 1 saturated heterocycles. The second kappa shape index (κ2) is 10.2. The smallest absolute Gasteiger partial charge is 0.254 e. The molecule has 0 N–H and O–H groups in total. The second-order valence-corrected chi connectivity index (χ2v) is 9.11. The molecule has 2 aromatic heterocycles. The molecule has 5 rings (SSSR count). The Bertz CT molecular complexity index is 1440. The highest BCUT2D eigenvalue weighted by atomic mass is 79.9. The van der Waals surface area contributed by atoms with Crippen molar-refractivity contribution >= 4 is 38.4 Å². The van der Waals surface area contributed by atoms with Crippen molar-refractivity contribution in [3.05, 3.63) is 94.4 Å². The fourth-order valence-corrected chi connectivity index (χ4v) is 4.48. The first-order valence-electron chi connectivity index (χ1n) is 11.3. The predicted octanol–water partition coefficient (Wildman–Crippen LogP) is 4.76. The van der Waals surface area contributed by atoms with Crippen LogP contribution in [0.3, 0.4) is 0 Å². The van der Waals surface area contributed by atoms with E-state index in [9.17, 15) is 4.79 Å². The number of anilines is 1. The summed E-state index contributed by atoms with van der Waals surface area (Å²) in [5.41, 5.74) is 1.92. The highest BCUT2D eigenvalue weighted by Gasteiger charge is 2.23. The summed E-state index contributed by atoms with van der Waals surface area (Å²) in [4.78, 5) is 26.2. The molecule has 0 unspecified atom stereocenters. The van der Waals surface area contributed by atoms with Gasteiger partial charge in [-0.2, -0.15) is 0 Å². The van der Waals surface area contributed by atoms with E-state index in [0.29, 0.717) is 35.7 Å². The zero-order valence-electron chi connectivity index (χ0n) is 19.2. The summed E-state index contributed by atoms with van der Waals surface area (Å²) in [5.74, 6) is 7.69. The Balaban J connectivity index is 1.29. The molecule has 7 heteroatoms. The minimum atomic E-state index is -0.00971. The lowest BCUT2D eigenvalue weighted by atomic mass is 10.1. The third-order valence-corrected chi connectivity index (χ3v) is 6.49. The summed E-state index contributed by atoms with van der Waals surface area (Å²) in [6.45, 7) is 2.70. The van der Waals surface area contributed by atoms with Crippen LogP contribution < -0.4 is 9.64 Å². The molecule has 2 aromatic carbocycles. The van der Waals surface area contributed by atoms with Gasteiger partial charge in [0.05, 0.1) is 12.7 Å². The minimum Gasteiger partial charge on any atom is -0.495 e. The third-order valence-electron chi connectivity index (χ3n) is 6.00. The fourth-order valence-electron chi connectivity index (χ4n) is 4.10. The van der Waals surface area contributed by atoms with Crippen molar-refractivity contribution in [2.24, 2.45) is 0 Å². The van der Waals surface area contributed by atoms with E-state index < -0.39 is 0 Å². The maximum atomic E-state index is 13.3. The first kappa shape index (κ1) is 22.9. The van der Waals surface area contributed by atoms with Crippen LogP contribution in [0.1, 0.15) is 21.6 Å². The van der Waals surface area contributed by atoms with Crippen LogP contribution in [0.2, 0.25) is 0 Å². The number of carbonyl (C=O) groups is 1. The van der Waals surface area contributed by atoms with Crippen molar-refractivity contribution in [1.29, 1.82) is 0 Å². The number of aromatic nitrogens is 2. The molecule has 1 aliphatic heterocycles. The maximum Gasteiger partial charge on any atom is 0.254 e. The Hall–Kier alpha value is -3.89. The summed E-state index contributed by atoms with van der Waals surface area (Å²) in [6, 6.07) is 19.3. The van der Waals surface area contributed by atoms with Gasteiger partial charge in [-0.15, -0.1) is 0 Å². The molecule has 1 fully saturated rings. The van der Waals surface area contributed by atoms with Crippen LogP contribution in [0.5, 0.6) is 5.75 Å². The highest BCUT2D eigenvalue weighted by Crippen LogP contribution is 2.24. The first-order chi connectivity index (χ1) is 17.1. The largest absolute Gasteiger partial charge is 0.495 e. The summed E-state index contributed by atoms with van der Waals surface area (Å²) >= 11 is 3.51. The number of rotatable bonds is 3. The molecule has 3 heterocycles. The Morgan fingerprint density at radius 1 is 0.943 bits per heavy atom. The van der Waals surface area contributed by atoms with E-state index in [-0.39, 0.29) is 5.91 Å². The molecule has 1 aliphatic rings. The minimum absolute atomic E-state index is 0.00971. The Labute approximate surface area is 212 Å². The molecule has 35 heavy (non-hydrogen) atoms. The number of halogens is 1. The zero-order chi connectivity index (χ0) is 24.2. The summed E-state index contributed by atoms with van der Waals surface area (Å²) < 4.78 is 6.49. The highest BCUT2D eigenvalue weighted by molar-refractivity contribution is 9.10. The lowest BCUT2D eigenvalue weighted by molar-refractivity contribution is 0.0746. The number of pyridine rings is 2. The molecule has 6 nitrogen and oxygen atoms in total. The molecule has 0 saturated carbocycles. The van der Waals surface area contributed by atoms with Gasteiger partial charge < -0.3 is 14.5 Å². The van der Waals surface area contributed by atoms with Crippen LogP contribution in [0.15, 0.2) is 77.5 Å². The van der Waals surface area contributed by atoms with E-state index in [2.05, 4.69) is 60.8 Å². The lowest BCUT2D eigenvalue weighted by Crippen LogP contribution is -2.49. The molecule has 0 aliphatic carbocycles. The Morgan fingerprint density at radius 2 is 1.80 bits per heavy atom. The van der Waals surface area contributed by atoms with Crippen molar-refractivity contribution in [3.8, 4) is 17.6 Å². The molecule has 0 atom stereocenters. The van der Waals surface area contributed by atoms with Gasteiger partial charge in [-0.1, -0.05) is 34.0 Å². The van der Waals surface area contributed by atoms with Crippen LogP contribution >= 0.6 is 15.9 Å². The van der Waals surface area contributed by atoms with Crippen molar-refractivity contribution in [2.45, 2.75) is 0 Å². The van der Waals surface area contributed by atoms with Gasteiger partial charge >= 0.3 is 0 Å². The number of methoxy groups -OCH3 is 1. The molecule has 4 aromatic rings. The number of hydrogen-bond donors (Lipinski definition) is 0. The van der Waals surface area contributed by atoms with Crippen LogP contribution in [-0.4, -0.2) is 54.1 Å². The topological polar surface area (TPSA) is 58.6 Å². The molecule has 1 amide bonds. The molecular formula is C28H23BrN4O2. The number of fused-ring (bicyclic) bond motifs is 1. The summed E-state index contributed by atoms with van der Waals surface area (Å²) in [5, 5.41) is 2.24. The van der Waals surface area contributed by atoms with Crippen LogP contribution in [0.25, 0.3) is 10.8 Å². The van der Waals surface area contributed by atoms with Crippen LogP contribution in [-0.2, 0) is 0 Å². The van der Waals surface area contributed by atoms with Crippen molar-refractivity contribution in [2.75, 3.05) is 38.2 Å². The second-order valence-electron chi connectivity index (χ2n) is 8.19. The molecule has 0 bridgehead atoms. The van der Waals surface area contributed by atoms with Gasteiger partial charge in [-0.25, -0.2) is 9.97 Å². The maximum absolute atomic E-state index is 13.3. The number of piperazine rings is 1. The number of amides is 1. The lowest BCUT2D eigenvalue weighted by Gasteiger charge is -2.35. The SMILES string of the molecule is COc1ccc(C(=O)N2CCN(c3cc4ccc(Br)cc4cn3)CC2)cc1C#Cc1ccccn1. The van der Waals surface area contributed by atoms with Gasteiger partial charge in [0.1, 0.15) is 17.3 Å². The Kier molecular flexibility index (Phi) is 6.64. The standard InChI is InChI=1S/C28H23BrN4O2/c1-35-26-10-7-22(16-21(26)6-9-25-4-2-3-11-30-25)28(34)33-14-12-32(13-15-33)27-18-20-5-8-24(29)17-23(20)19-31-27/h2-5,7-8,10-11,16-19H,12-15H2,1H3. The van der Waals surface area contributed by atoms with E-state index in [1.54, 1.807) is 31.5 Å². The van der Waals surface area contributed by atoms with E-state index in [0.717, 1.165) is 34.2 Å². The van der Waals surface area contributed by atoms with Gasteiger partial charge in [0, 0.05) is 54.0 Å². The normalized spacial score (nSPS) is 13.3. The van der Waals surface area contributed by atoms with Gasteiger partial charge in [0.15, 0.2) is 0 Å². The van der Waals surface area contributed by atoms with E-state index in [1.165, 1.54) is 0 Å². The van der Waals surface area contributed by atoms with E-state index >= 15 is 0 Å². The predicted molar refractivity (Wildman–Crippen MR) is 141 cm³/mol. The zero-order valence-corrected chi connectivity index (χ0v) is 20.8. The summed E-state index contributed by atoms with van der Waals surface area (Å²) in [7, 11) is 1.60. The van der Waals surface area contributed by atoms with Gasteiger partial charge in [-0.3, -0.25) is 4.79 Å². The number of carbonyl (C=O) groups excluding carboxylic acids is 1. The molecular weight excluding hydrogens is 504 g/mol. The van der Waals surface area contributed by atoms with Crippen LogP contribution in [0, 0.1) is 11.8 Å². The van der Waals surface area contributed by atoms with Crippen molar-refractivity contribution < 1.29 is 9.53 Å². The molecule has 0 radical (unpaired) electrons. The Morgan fingerprint density at radius 3 is 2.57 bits per heavy atom. The number of benzene rings is 2. The van der Waals surface area contributed by atoms with Crippen molar-refractivity contribution in [3.63, 3.8) is 0 Å². The number of hydrogen-bond acceptors (Lipinski definition) is 5. The average molecular weight is 527 g/mol. The third kappa shape index (κ3) is 5.13. The van der Waals surface area contributed by atoms with Gasteiger partial charge in [0.25, 0.3) is 5.91 Å². The van der Waals surface area contributed by atoms with E-state index in [1.807, 2.05) is 35.4 Å². The van der Waals surface area contributed by atoms with Crippen LogP contribution in [0.4, 0.5) is 5.82 Å². The summed E-state index contributed by atoms with van der Waals surface area (Å²) in [6.07, 6.45) is 3.60. The van der Waals surface area contributed by atoms with Gasteiger partial charge in [-0.05, 0) is 59.8 Å². The monoisotopic (exact) mass is 526 g/mol. The van der Waals surface area contributed by atoms with Crippen molar-refractivity contribution in [1.82, 2.24) is 14.9 Å². The molecule has 0 spiro atoms. The first-order valence-corrected chi connectivity index (χ1v) is 12.1. The molecule has 174 valence electrons. The average Bonchev–Trinajstić information content (AvgIpc) is 2.91. The fraction of sp³-hybridized carbons (Fsp3) is 0.179. The quantitative estimate of drug-likeness (QED) is 0.360. The number of ether oxygens (including phenoxy) is 1. The number of nitrogens with zero attached hydrogens (tertiary/aromatic N) is 4.